The molecule has 6 nitrogen and oxygen atoms in total. The van der Waals surface area contributed by atoms with E-state index in [2.05, 4.69) is 11.2 Å². The minimum Gasteiger partial charge on any atom is -0.499 e. The maximum absolute atomic E-state index is 12.9. The molecule has 3 amide bonds. The minimum absolute atomic E-state index is 0.165. The molecule has 0 aromatic rings. The third-order valence-corrected chi connectivity index (χ3v) is 3.89. The highest BCUT2D eigenvalue weighted by Gasteiger charge is 2.40. The predicted molar refractivity (Wildman–Crippen MR) is 90.5 cm³/mol. The first-order valence-electron chi connectivity index (χ1n) is 8.35. The number of hydrogen-bond acceptors (Lipinski definition) is 4. The smallest absolute Gasteiger partial charge is 0.257 e. The molecule has 0 fully saturated rings. The topological polar surface area (TPSA) is 75.7 Å². The second-order valence-electron chi connectivity index (χ2n) is 5.71. The lowest BCUT2D eigenvalue weighted by Crippen LogP contribution is -2.52. The van der Waals surface area contributed by atoms with E-state index in [4.69, 9.17) is 11.2 Å². The van der Waals surface area contributed by atoms with Gasteiger partial charge in [0.05, 0.1) is 13.2 Å². The maximum Gasteiger partial charge on any atom is 0.257 e. The molecule has 0 radical (unpaired) electrons. The SMILES string of the molecule is C#CCCC(=O)NC(CCC)C(=O)N1C(=O)C=C(OC)C1CCC. The number of nitrogens with zero attached hydrogens (tertiary/aromatic N) is 1. The van der Waals surface area contributed by atoms with Crippen LogP contribution >= 0.6 is 0 Å². The van der Waals surface area contributed by atoms with E-state index < -0.39 is 23.9 Å². The van der Waals surface area contributed by atoms with Gasteiger partial charge in [0.1, 0.15) is 11.8 Å². The molecule has 2 unspecified atom stereocenters. The molecule has 6 heteroatoms. The highest BCUT2D eigenvalue weighted by atomic mass is 16.5. The fourth-order valence-corrected chi connectivity index (χ4v) is 2.74. The van der Waals surface area contributed by atoms with Crippen molar-refractivity contribution in [1.29, 1.82) is 0 Å². The Hall–Kier alpha value is -2.29. The van der Waals surface area contributed by atoms with Gasteiger partial charge < -0.3 is 10.1 Å². The highest BCUT2D eigenvalue weighted by Crippen LogP contribution is 2.25. The standard InChI is InChI=1S/C18H26N2O4/c1-5-8-11-16(21)19-13(9-6-2)18(23)20-14(10-7-3)15(24-4)12-17(20)22/h1,12-14H,6-11H2,2-4H3,(H,19,21). The van der Waals surface area contributed by atoms with Crippen LogP contribution in [0.5, 0.6) is 0 Å². The van der Waals surface area contributed by atoms with Crippen molar-refractivity contribution in [1.82, 2.24) is 10.2 Å². The Bertz CT molecular complexity index is 548. The Labute approximate surface area is 143 Å². The van der Waals surface area contributed by atoms with E-state index in [0.29, 0.717) is 31.4 Å². The maximum atomic E-state index is 12.9. The summed E-state index contributed by atoms with van der Waals surface area (Å²) < 4.78 is 5.24. The van der Waals surface area contributed by atoms with Crippen molar-refractivity contribution in [3.63, 3.8) is 0 Å². The van der Waals surface area contributed by atoms with Gasteiger partial charge in [-0.3, -0.25) is 19.3 Å². The molecule has 1 N–H and O–H groups in total. The third kappa shape index (κ3) is 4.85. The van der Waals surface area contributed by atoms with Crippen LogP contribution in [0, 0.1) is 12.3 Å². The molecule has 0 aliphatic carbocycles. The molecule has 132 valence electrons. The first-order valence-corrected chi connectivity index (χ1v) is 8.35. The van der Waals surface area contributed by atoms with Crippen molar-refractivity contribution in [2.24, 2.45) is 0 Å². The van der Waals surface area contributed by atoms with Crippen molar-refractivity contribution < 1.29 is 19.1 Å². The van der Waals surface area contributed by atoms with Crippen molar-refractivity contribution in [3.8, 4) is 12.3 Å². The van der Waals surface area contributed by atoms with Crippen molar-refractivity contribution >= 4 is 17.7 Å². The fraction of sp³-hybridized carbons (Fsp3) is 0.611. The Kier molecular flexibility index (Phi) is 8.03. The van der Waals surface area contributed by atoms with Crippen molar-refractivity contribution in [3.05, 3.63) is 11.8 Å². The second kappa shape index (κ2) is 9.76. The number of carbonyl (C=O) groups excluding carboxylic acids is 3. The van der Waals surface area contributed by atoms with Crippen LogP contribution in [0.4, 0.5) is 0 Å². The molecule has 1 aliphatic heterocycles. The third-order valence-electron chi connectivity index (χ3n) is 3.89. The molecule has 1 rings (SSSR count). The van der Waals surface area contributed by atoms with Gasteiger partial charge in [-0.1, -0.05) is 26.7 Å². The van der Waals surface area contributed by atoms with Gasteiger partial charge in [0, 0.05) is 18.9 Å². The molecule has 0 aromatic heterocycles. The molecule has 24 heavy (non-hydrogen) atoms. The van der Waals surface area contributed by atoms with Crippen LogP contribution < -0.4 is 5.32 Å². The molecule has 0 saturated heterocycles. The van der Waals surface area contributed by atoms with Gasteiger partial charge in [-0.2, -0.15) is 0 Å². The summed E-state index contributed by atoms with van der Waals surface area (Å²) in [5.41, 5.74) is 0. The van der Waals surface area contributed by atoms with Crippen LogP contribution in [-0.2, 0) is 19.1 Å². The van der Waals surface area contributed by atoms with Crippen molar-refractivity contribution in [2.75, 3.05) is 7.11 Å². The number of amides is 3. The van der Waals surface area contributed by atoms with Crippen molar-refractivity contribution in [2.45, 2.75) is 64.5 Å². The number of terminal acetylenes is 1. The summed E-state index contributed by atoms with van der Waals surface area (Å²) in [7, 11) is 1.49. The summed E-state index contributed by atoms with van der Waals surface area (Å²) >= 11 is 0. The Morgan fingerprint density at radius 1 is 1.42 bits per heavy atom. The molecule has 0 bridgehead atoms. The lowest BCUT2D eigenvalue weighted by atomic mass is 10.1. The summed E-state index contributed by atoms with van der Waals surface area (Å²) in [4.78, 5) is 38.2. The van der Waals surface area contributed by atoms with E-state index in [-0.39, 0.29) is 12.3 Å². The van der Waals surface area contributed by atoms with Gasteiger partial charge >= 0.3 is 0 Å². The monoisotopic (exact) mass is 334 g/mol. The predicted octanol–water partition coefficient (Wildman–Crippen LogP) is 1.75. The lowest BCUT2D eigenvalue weighted by molar-refractivity contribution is -0.146. The summed E-state index contributed by atoms with van der Waals surface area (Å²) in [6, 6.07) is -1.13. The van der Waals surface area contributed by atoms with Crippen LogP contribution in [0.3, 0.4) is 0 Å². The van der Waals surface area contributed by atoms with E-state index in [0.717, 1.165) is 6.42 Å². The lowest BCUT2D eigenvalue weighted by Gasteiger charge is -2.28. The summed E-state index contributed by atoms with van der Waals surface area (Å²) in [6.07, 6.45) is 9.58. The van der Waals surface area contributed by atoms with Gasteiger partial charge in [0.25, 0.3) is 11.8 Å². The van der Waals surface area contributed by atoms with Crippen LogP contribution in [-0.4, -0.2) is 41.8 Å². The number of nitrogens with one attached hydrogen (secondary N) is 1. The van der Waals surface area contributed by atoms with Gasteiger partial charge in [-0.25, -0.2) is 0 Å². The fourth-order valence-electron chi connectivity index (χ4n) is 2.74. The summed E-state index contributed by atoms with van der Waals surface area (Å²) in [5, 5.41) is 2.70. The molecule has 1 heterocycles. The normalized spacial score (nSPS) is 17.9. The van der Waals surface area contributed by atoms with E-state index in [1.165, 1.54) is 18.1 Å². The molecular weight excluding hydrogens is 308 g/mol. The minimum atomic E-state index is -0.729. The molecular formula is C18H26N2O4. The van der Waals surface area contributed by atoms with Crippen LogP contribution in [0.2, 0.25) is 0 Å². The van der Waals surface area contributed by atoms with Gasteiger partial charge in [0.15, 0.2) is 0 Å². The molecule has 0 aromatic carbocycles. The quantitative estimate of drug-likeness (QED) is 0.652. The number of rotatable bonds is 9. The number of methoxy groups -OCH3 is 1. The summed E-state index contributed by atoms with van der Waals surface area (Å²) in [6.45, 7) is 3.89. The van der Waals surface area contributed by atoms with Gasteiger partial charge in [-0.05, 0) is 12.8 Å². The highest BCUT2D eigenvalue weighted by molar-refractivity contribution is 6.06. The van der Waals surface area contributed by atoms with E-state index in [1.54, 1.807) is 0 Å². The van der Waals surface area contributed by atoms with E-state index in [9.17, 15) is 14.4 Å². The first-order chi connectivity index (χ1) is 11.5. The van der Waals surface area contributed by atoms with Crippen LogP contribution in [0.15, 0.2) is 11.8 Å². The first kappa shape index (κ1) is 19.8. The van der Waals surface area contributed by atoms with Gasteiger partial charge in [-0.15, -0.1) is 12.3 Å². The number of imide groups is 1. The zero-order valence-electron chi connectivity index (χ0n) is 14.6. The molecule has 2 atom stereocenters. The van der Waals surface area contributed by atoms with E-state index in [1.807, 2.05) is 13.8 Å². The number of ether oxygens (including phenoxy) is 1. The molecule has 0 saturated carbocycles. The zero-order valence-corrected chi connectivity index (χ0v) is 14.6. The van der Waals surface area contributed by atoms with Crippen LogP contribution in [0.25, 0.3) is 0 Å². The largest absolute Gasteiger partial charge is 0.499 e. The number of carbonyl (C=O) groups is 3. The zero-order chi connectivity index (χ0) is 18.1. The number of hydrogen-bond donors (Lipinski definition) is 1. The Balaban J connectivity index is 2.90. The Morgan fingerprint density at radius 3 is 2.67 bits per heavy atom. The molecule has 0 spiro atoms. The molecule has 1 aliphatic rings. The average molecular weight is 334 g/mol. The van der Waals surface area contributed by atoms with Crippen LogP contribution in [0.1, 0.15) is 52.4 Å². The second-order valence-corrected chi connectivity index (χ2v) is 5.71. The average Bonchev–Trinajstić information content (AvgIpc) is 2.87. The van der Waals surface area contributed by atoms with Gasteiger partial charge in [0.2, 0.25) is 5.91 Å². The summed E-state index contributed by atoms with van der Waals surface area (Å²) in [5.74, 6) is 1.82. The Morgan fingerprint density at radius 2 is 2.12 bits per heavy atom. The van der Waals surface area contributed by atoms with E-state index >= 15 is 0 Å².